The van der Waals surface area contributed by atoms with Crippen LogP contribution in [0, 0.1) is 0 Å². The molecule has 7 heteroatoms. The number of benzene rings is 2. The molecule has 0 aliphatic carbocycles. The number of likely N-dealkylation sites (tertiary alicyclic amines) is 1. The van der Waals surface area contributed by atoms with Gasteiger partial charge in [-0.2, -0.15) is 0 Å². The molecule has 0 spiro atoms. The van der Waals surface area contributed by atoms with Gasteiger partial charge in [0.1, 0.15) is 19.3 Å². The maximum atomic E-state index is 12.3. The van der Waals surface area contributed by atoms with Crippen molar-refractivity contribution in [1.82, 2.24) is 10.2 Å². The van der Waals surface area contributed by atoms with Gasteiger partial charge < -0.3 is 19.7 Å². The molecule has 1 saturated heterocycles. The van der Waals surface area contributed by atoms with Gasteiger partial charge in [-0.15, -0.1) is 0 Å². The number of alkyl carbamates (subject to hydrolysis) is 1. The third-order valence-corrected chi connectivity index (χ3v) is 4.39. The summed E-state index contributed by atoms with van der Waals surface area (Å²) in [6.07, 6.45) is -1.05. The number of nitrogens with one attached hydrogen (secondary N) is 1. The first-order valence-electron chi connectivity index (χ1n) is 9.07. The lowest BCUT2D eigenvalue weighted by Crippen LogP contribution is -2.54. The fourth-order valence-electron chi connectivity index (χ4n) is 2.84. The van der Waals surface area contributed by atoms with Gasteiger partial charge in [0, 0.05) is 13.0 Å². The molecule has 0 radical (unpaired) electrons. The monoisotopic (exact) mass is 382 g/mol. The molecular weight excluding hydrogens is 360 g/mol. The van der Waals surface area contributed by atoms with Gasteiger partial charge in [0.25, 0.3) is 0 Å². The van der Waals surface area contributed by atoms with Gasteiger partial charge in [0.2, 0.25) is 0 Å². The SMILES string of the molecule is O=C(NC1CN(C(=O)OCc2ccccc2)CCC1=O)OCc1ccccc1. The molecular formula is C21H22N2O5. The Balaban J connectivity index is 1.47. The van der Waals surface area contributed by atoms with E-state index in [-0.39, 0.29) is 38.5 Å². The van der Waals surface area contributed by atoms with Gasteiger partial charge in [0.05, 0.1) is 6.54 Å². The minimum atomic E-state index is -0.804. The van der Waals surface area contributed by atoms with Crippen LogP contribution in [-0.4, -0.2) is 42.0 Å². The zero-order valence-electron chi connectivity index (χ0n) is 15.4. The minimum absolute atomic E-state index is 0.0624. The molecule has 1 atom stereocenters. The molecule has 0 saturated carbocycles. The van der Waals surface area contributed by atoms with Crippen LogP contribution in [0.15, 0.2) is 60.7 Å². The number of nitrogens with zero attached hydrogens (tertiary/aromatic N) is 1. The van der Waals surface area contributed by atoms with Crippen LogP contribution >= 0.6 is 0 Å². The zero-order valence-corrected chi connectivity index (χ0v) is 15.4. The van der Waals surface area contributed by atoms with Crippen molar-refractivity contribution in [3.05, 3.63) is 71.8 Å². The molecule has 7 nitrogen and oxygen atoms in total. The highest BCUT2D eigenvalue weighted by molar-refractivity contribution is 5.89. The molecule has 1 aliphatic rings. The molecule has 1 fully saturated rings. The van der Waals surface area contributed by atoms with E-state index in [2.05, 4.69) is 5.32 Å². The molecule has 2 amide bonds. The van der Waals surface area contributed by atoms with E-state index in [4.69, 9.17) is 9.47 Å². The van der Waals surface area contributed by atoms with E-state index < -0.39 is 18.2 Å². The van der Waals surface area contributed by atoms with Gasteiger partial charge in [-0.05, 0) is 11.1 Å². The maximum absolute atomic E-state index is 12.3. The Labute approximate surface area is 163 Å². The van der Waals surface area contributed by atoms with Crippen LogP contribution in [0.1, 0.15) is 17.5 Å². The summed E-state index contributed by atoms with van der Waals surface area (Å²) in [6.45, 7) is 0.592. The predicted molar refractivity (Wildman–Crippen MR) is 101 cm³/mol. The molecule has 0 bridgehead atoms. The van der Waals surface area contributed by atoms with Crippen LogP contribution in [0.5, 0.6) is 0 Å². The Morgan fingerprint density at radius 3 is 2.11 bits per heavy atom. The summed E-state index contributed by atoms with van der Waals surface area (Å²) in [5.41, 5.74) is 1.72. The highest BCUT2D eigenvalue weighted by Crippen LogP contribution is 2.11. The Hall–Kier alpha value is -3.35. The van der Waals surface area contributed by atoms with Crippen molar-refractivity contribution >= 4 is 18.0 Å². The van der Waals surface area contributed by atoms with E-state index in [1.165, 1.54) is 4.90 Å². The molecule has 1 N–H and O–H groups in total. The third kappa shape index (κ3) is 5.57. The van der Waals surface area contributed by atoms with Crippen molar-refractivity contribution in [2.45, 2.75) is 25.7 Å². The van der Waals surface area contributed by atoms with E-state index >= 15 is 0 Å². The van der Waals surface area contributed by atoms with Crippen molar-refractivity contribution in [2.75, 3.05) is 13.1 Å². The fourth-order valence-corrected chi connectivity index (χ4v) is 2.84. The Morgan fingerprint density at radius 2 is 1.50 bits per heavy atom. The summed E-state index contributed by atoms with van der Waals surface area (Å²) in [7, 11) is 0. The minimum Gasteiger partial charge on any atom is -0.445 e. The summed E-state index contributed by atoms with van der Waals surface area (Å²) >= 11 is 0. The van der Waals surface area contributed by atoms with E-state index in [9.17, 15) is 14.4 Å². The normalized spacial score (nSPS) is 16.4. The smallest absolute Gasteiger partial charge is 0.410 e. The van der Waals surface area contributed by atoms with Crippen molar-refractivity contribution in [2.24, 2.45) is 0 Å². The number of hydrogen-bond acceptors (Lipinski definition) is 5. The molecule has 146 valence electrons. The molecule has 28 heavy (non-hydrogen) atoms. The first kappa shape index (κ1) is 19.4. The molecule has 1 unspecified atom stereocenters. The fraction of sp³-hybridized carbons (Fsp3) is 0.286. The zero-order chi connectivity index (χ0) is 19.8. The number of amides is 2. The molecule has 1 aliphatic heterocycles. The second kappa shape index (κ2) is 9.55. The Kier molecular flexibility index (Phi) is 6.62. The number of rotatable bonds is 5. The van der Waals surface area contributed by atoms with Gasteiger partial charge in [-0.25, -0.2) is 9.59 Å². The first-order valence-corrected chi connectivity index (χ1v) is 9.07. The van der Waals surface area contributed by atoms with Gasteiger partial charge in [-0.3, -0.25) is 4.79 Å². The number of ether oxygens (including phenoxy) is 2. The Bertz CT molecular complexity index is 810. The first-order chi connectivity index (χ1) is 13.6. The van der Waals surface area contributed by atoms with Gasteiger partial charge in [0.15, 0.2) is 5.78 Å². The van der Waals surface area contributed by atoms with Crippen LogP contribution in [0.3, 0.4) is 0 Å². The van der Waals surface area contributed by atoms with Crippen LogP contribution in [-0.2, 0) is 27.5 Å². The van der Waals surface area contributed by atoms with Crippen molar-refractivity contribution < 1.29 is 23.9 Å². The number of hydrogen-bond donors (Lipinski definition) is 1. The van der Waals surface area contributed by atoms with Crippen LogP contribution in [0.2, 0.25) is 0 Å². The third-order valence-electron chi connectivity index (χ3n) is 4.39. The van der Waals surface area contributed by atoms with E-state index in [0.29, 0.717) is 0 Å². The summed E-state index contributed by atoms with van der Waals surface area (Å²) in [5.74, 6) is -0.135. The van der Waals surface area contributed by atoms with Gasteiger partial charge in [-0.1, -0.05) is 60.7 Å². The van der Waals surface area contributed by atoms with Crippen LogP contribution < -0.4 is 5.32 Å². The second-order valence-electron chi connectivity index (χ2n) is 6.46. The average Bonchev–Trinajstić information content (AvgIpc) is 2.73. The summed E-state index contributed by atoms with van der Waals surface area (Å²) in [5, 5.41) is 2.54. The quantitative estimate of drug-likeness (QED) is 0.860. The number of piperidine rings is 1. The Morgan fingerprint density at radius 1 is 0.929 bits per heavy atom. The summed E-state index contributed by atoms with van der Waals surface area (Å²) in [6, 6.07) is 17.8. The molecule has 2 aromatic rings. The summed E-state index contributed by atoms with van der Waals surface area (Å²) in [4.78, 5) is 37.8. The van der Waals surface area contributed by atoms with E-state index in [1.807, 2.05) is 60.7 Å². The lowest BCUT2D eigenvalue weighted by Gasteiger charge is -2.31. The molecule has 1 heterocycles. The van der Waals surface area contributed by atoms with Crippen molar-refractivity contribution in [3.63, 3.8) is 0 Å². The van der Waals surface area contributed by atoms with Crippen molar-refractivity contribution in [1.29, 1.82) is 0 Å². The topological polar surface area (TPSA) is 84.9 Å². The lowest BCUT2D eigenvalue weighted by molar-refractivity contribution is -0.123. The van der Waals surface area contributed by atoms with Crippen LogP contribution in [0.25, 0.3) is 0 Å². The highest BCUT2D eigenvalue weighted by Gasteiger charge is 2.32. The number of carbonyl (C=O) groups is 3. The molecule has 3 rings (SSSR count). The highest BCUT2D eigenvalue weighted by atomic mass is 16.6. The number of carbonyl (C=O) groups excluding carboxylic acids is 3. The average molecular weight is 382 g/mol. The largest absolute Gasteiger partial charge is 0.445 e. The van der Waals surface area contributed by atoms with Crippen molar-refractivity contribution in [3.8, 4) is 0 Å². The number of Topliss-reactive ketones (excluding diaryl/α,β-unsaturated/α-hetero) is 1. The lowest BCUT2D eigenvalue weighted by atomic mass is 10.1. The predicted octanol–water partition coefficient (Wildman–Crippen LogP) is 2.89. The maximum Gasteiger partial charge on any atom is 0.410 e. The van der Waals surface area contributed by atoms with Crippen LogP contribution in [0.4, 0.5) is 9.59 Å². The second-order valence-corrected chi connectivity index (χ2v) is 6.46. The van der Waals surface area contributed by atoms with E-state index in [1.54, 1.807) is 0 Å². The standard InChI is InChI=1S/C21H22N2O5/c24-19-11-12-23(21(26)28-15-17-9-5-2-6-10-17)13-18(19)22-20(25)27-14-16-7-3-1-4-8-16/h1-10,18H,11-15H2,(H,22,25). The molecule has 0 aromatic heterocycles. The summed E-state index contributed by atoms with van der Waals surface area (Å²) < 4.78 is 10.4. The molecule has 2 aromatic carbocycles. The van der Waals surface area contributed by atoms with Gasteiger partial charge >= 0.3 is 12.2 Å². The van der Waals surface area contributed by atoms with E-state index in [0.717, 1.165) is 11.1 Å². The number of ketones is 1.